The summed E-state index contributed by atoms with van der Waals surface area (Å²) in [5.74, 6) is -0.326. The van der Waals surface area contributed by atoms with Gasteiger partial charge in [0.05, 0.1) is 34.9 Å². The Bertz CT molecular complexity index is 1330. The lowest BCUT2D eigenvalue weighted by atomic mass is 10.3. The van der Waals surface area contributed by atoms with Gasteiger partial charge < -0.3 is 10.4 Å². The second kappa shape index (κ2) is 9.09. The third-order valence-electron chi connectivity index (χ3n) is 3.74. The lowest BCUT2D eigenvalue weighted by Crippen LogP contribution is -2.14. The number of nitrogens with one attached hydrogen (secondary N) is 3. The van der Waals surface area contributed by atoms with E-state index in [9.17, 15) is 21.9 Å². The molecule has 0 saturated heterocycles. The van der Waals surface area contributed by atoms with Crippen molar-refractivity contribution >= 4 is 71.6 Å². The van der Waals surface area contributed by atoms with Gasteiger partial charge in [-0.15, -0.1) is 11.3 Å². The molecule has 14 heteroatoms. The minimum Gasteiger partial charge on any atom is -0.506 e. The van der Waals surface area contributed by atoms with Gasteiger partial charge in [0, 0.05) is 17.1 Å². The molecule has 4 N–H and O–H groups in total. The number of phenols is 1. The summed E-state index contributed by atoms with van der Waals surface area (Å²) >= 11 is 13.2. The number of hydrogen-bond acceptors (Lipinski definition) is 8. The fourth-order valence-corrected chi connectivity index (χ4v) is 5.58. The molecule has 31 heavy (non-hydrogen) atoms. The van der Waals surface area contributed by atoms with Crippen molar-refractivity contribution in [1.82, 2.24) is 4.98 Å². The molecule has 0 aliphatic rings. The number of benzene rings is 2. The lowest BCUT2D eigenvalue weighted by molar-refractivity contribution is 0.475. The smallest absolute Gasteiger partial charge is 0.263 e. The summed E-state index contributed by atoms with van der Waals surface area (Å²) in [5, 5.41) is 13.1. The number of sulfonamides is 2. The molecule has 0 unspecified atom stereocenters. The number of aromatic nitrogens is 1. The Hall–Kier alpha value is -2.25. The van der Waals surface area contributed by atoms with Crippen LogP contribution in [0.25, 0.3) is 0 Å². The van der Waals surface area contributed by atoms with Gasteiger partial charge in [-0.1, -0.05) is 29.3 Å². The summed E-state index contributed by atoms with van der Waals surface area (Å²) < 4.78 is 53.2. The van der Waals surface area contributed by atoms with E-state index in [2.05, 4.69) is 19.7 Å². The molecular weight excluding hydrogens is 507 g/mol. The van der Waals surface area contributed by atoms with Crippen LogP contribution >= 0.6 is 34.5 Å². The van der Waals surface area contributed by atoms with Crippen LogP contribution in [0.2, 0.25) is 9.49 Å². The van der Waals surface area contributed by atoms with E-state index in [1.165, 1.54) is 41.7 Å². The van der Waals surface area contributed by atoms with E-state index in [4.69, 9.17) is 23.2 Å². The number of anilines is 3. The SMILES string of the molecule is CS(=O)(=O)Nc1cccc(NS(=O)(=O)c2cc(O)c(NCc3cnc(Cl)s3)cc2Cl)c1. The van der Waals surface area contributed by atoms with Gasteiger partial charge in [0.2, 0.25) is 10.0 Å². The summed E-state index contributed by atoms with van der Waals surface area (Å²) in [4.78, 5) is 4.37. The molecule has 0 bridgehead atoms. The Kier molecular flexibility index (Phi) is 6.86. The van der Waals surface area contributed by atoms with Crippen LogP contribution < -0.4 is 14.8 Å². The van der Waals surface area contributed by atoms with Gasteiger partial charge in [-0.2, -0.15) is 0 Å². The van der Waals surface area contributed by atoms with Crippen molar-refractivity contribution in [2.45, 2.75) is 11.4 Å². The van der Waals surface area contributed by atoms with Crippen molar-refractivity contribution < 1.29 is 21.9 Å². The van der Waals surface area contributed by atoms with E-state index in [0.29, 0.717) is 11.0 Å². The van der Waals surface area contributed by atoms with Crippen molar-refractivity contribution in [3.8, 4) is 5.75 Å². The number of nitrogens with zero attached hydrogens (tertiary/aromatic N) is 1. The first-order valence-corrected chi connectivity index (χ1v) is 13.3. The van der Waals surface area contributed by atoms with E-state index >= 15 is 0 Å². The van der Waals surface area contributed by atoms with Gasteiger partial charge in [0.15, 0.2) is 4.47 Å². The molecule has 0 aliphatic carbocycles. The molecule has 3 aromatic rings. The zero-order valence-corrected chi connectivity index (χ0v) is 19.7. The molecule has 0 aliphatic heterocycles. The van der Waals surface area contributed by atoms with E-state index in [1.54, 1.807) is 6.20 Å². The van der Waals surface area contributed by atoms with Crippen LogP contribution in [-0.4, -0.2) is 33.2 Å². The molecule has 1 heterocycles. The monoisotopic (exact) mass is 522 g/mol. The zero-order valence-electron chi connectivity index (χ0n) is 15.8. The number of hydrogen-bond donors (Lipinski definition) is 4. The highest BCUT2D eigenvalue weighted by Crippen LogP contribution is 2.34. The highest BCUT2D eigenvalue weighted by Gasteiger charge is 2.21. The van der Waals surface area contributed by atoms with Gasteiger partial charge in [-0.3, -0.25) is 9.44 Å². The zero-order chi connectivity index (χ0) is 22.8. The molecule has 0 amide bonds. The average molecular weight is 523 g/mol. The predicted molar refractivity (Wildman–Crippen MR) is 123 cm³/mol. The fraction of sp³-hybridized carbons (Fsp3) is 0.118. The minimum atomic E-state index is -4.18. The second-order valence-electron chi connectivity index (χ2n) is 6.29. The summed E-state index contributed by atoms with van der Waals surface area (Å²) in [7, 11) is -7.71. The Morgan fingerprint density at radius 2 is 1.74 bits per heavy atom. The number of aromatic hydroxyl groups is 1. The van der Waals surface area contributed by atoms with Gasteiger partial charge >= 0.3 is 0 Å². The van der Waals surface area contributed by atoms with Crippen LogP contribution in [0.3, 0.4) is 0 Å². The number of halogens is 2. The lowest BCUT2D eigenvalue weighted by Gasteiger charge is -2.14. The normalized spacial score (nSPS) is 11.8. The first-order chi connectivity index (χ1) is 14.4. The van der Waals surface area contributed by atoms with E-state index in [1.807, 2.05) is 0 Å². The maximum atomic E-state index is 12.8. The van der Waals surface area contributed by atoms with Crippen molar-refractivity contribution in [1.29, 1.82) is 0 Å². The van der Waals surface area contributed by atoms with Crippen LogP contribution in [0.1, 0.15) is 4.88 Å². The first-order valence-electron chi connectivity index (χ1n) is 8.40. The number of thiazole rings is 1. The minimum absolute atomic E-state index is 0.105. The molecule has 0 radical (unpaired) electrons. The van der Waals surface area contributed by atoms with E-state index < -0.39 is 20.0 Å². The van der Waals surface area contributed by atoms with Gasteiger partial charge in [0.25, 0.3) is 10.0 Å². The van der Waals surface area contributed by atoms with Gasteiger partial charge in [-0.05, 0) is 24.3 Å². The Balaban J connectivity index is 1.81. The molecule has 0 saturated carbocycles. The van der Waals surface area contributed by atoms with Crippen LogP contribution in [0.5, 0.6) is 5.75 Å². The van der Waals surface area contributed by atoms with Gasteiger partial charge in [-0.25, -0.2) is 21.8 Å². The molecule has 1 aromatic heterocycles. The number of phenolic OH excluding ortho intramolecular Hbond substituents is 1. The Morgan fingerprint density at radius 3 is 2.35 bits per heavy atom. The summed E-state index contributed by atoms with van der Waals surface area (Å²) in [6.45, 7) is 0.304. The highest BCUT2D eigenvalue weighted by molar-refractivity contribution is 7.93. The molecule has 3 rings (SSSR count). The topological polar surface area (TPSA) is 137 Å². The Morgan fingerprint density at radius 1 is 1.06 bits per heavy atom. The van der Waals surface area contributed by atoms with Crippen molar-refractivity contribution in [3.05, 3.63) is 57.0 Å². The van der Waals surface area contributed by atoms with Crippen LogP contribution in [0.15, 0.2) is 47.5 Å². The van der Waals surface area contributed by atoms with Crippen molar-refractivity contribution in [2.24, 2.45) is 0 Å². The van der Waals surface area contributed by atoms with E-state index in [0.717, 1.165) is 17.2 Å². The van der Waals surface area contributed by atoms with Crippen LogP contribution in [0.4, 0.5) is 17.1 Å². The summed E-state index contributed by atoms with van der Waals surface area (Å²) in [6.07, 6.45) is 2.56. The molecule has 0 atom stereocenters. The maximum absolute atomic E-state index is 12.8. The molecule has 0 spiro atoms. The van der Waals surface area contributed by atoms with E-state index in [-0.39, 0.29) is 32.7 Å². The number of rotatable bonds is 8. The highest BCUT2D eigenvalue weighted by atomic mass is 35.5. The van der Waals surface area contributed by atoms with Gasteiger partial charge in [0.1, 0.15) is 10.6 Å². The summed E-state index contributed by atoms with van der Waals surface area (Å²) in [6, 6.07) is 8.00. The predicted octanol–water partition coefficient (Wildman–Crippen LogP) is 3.94. The first kappa shape index (κ1) is 23.4. The molecular formula is C17H16Cl2N4O5S3. The maximum Gasteiger partial charge on any atom is 0.263 e. The molecule has 166 valence electrons. The third kappa shape index (κ3) is 6.37. The molecule has 0 fully saturated rings. The third-order valence-corrected chi connectivity index (χ3v) is 7.30. The quantitative estimate of drug-likeness (QED) is 0.328. The molecule has 2 aromatic carbocycles. The molecule has 9 nitrogen and oxygen atoms in total. The largest absolute Gasteiger partial charge is 0.506 e. The van der Waals surface area contributed by atoms with Crippen molar-refractivity contribution in [2.75, 3.05) is 21.0 Å². The fourth-order valence-electron chi connectivity index (χ4n) is 2.51. The average Bonchev–Trinajstić information content (AvgIpc) is 3.05. The van der Waals surface area contributed by atoms with Crippen LogP contribution in [-0.2, 0) is 26.6 Å². The second-order valence-corrected chi connectivity index (χ2v) is 11.8. The van der Waals surface area contributed by atoms with Crippen LogP contribution in [0, 0.1) is 0 Å². The summed E-state index contributed by atoms with van der Waals surface area (Å²) in [5.41, 5.74) is 0.515. The Labute approximate surface area is 193 Å². The van der Waals surface area contributed by atoms with Crippen molar-refractivity contribution in [3.63, 3.8) is 0 Å². The standard InChI is InChI=1S/C17H16Cl2N4O5S3/c1-30(25,26)22-10-3-2-4-11(5-10)23-31(27,28)16-7-15(24)14(6-13(16)18)20-8-12-9-21-17(19)29-12/h2-7,9,20,22-24H,8H2,1H3.